The summed E-state index contributed by atoms with van der Waals surface area (Å²) in [5, 5.41) is 5.72. The molecule has 1 aromatic carbocycles. The van der Waals surface area contributed by atoms with E-state index in [1.54, 1.807) is 11.3 Å². The van der Waals surface area contributed by atoms with Crippen LogP contribution in [0.2, 0.25) is 10.0 Å². The average molecular weight is 301 g/mol. The zero-order valence-electron chi connectivity index (χ0n) is 10.0. The van der Waals surface area contributed by atoms with Crippen LogP contribution in [0.15, 0.2) is 24.4 Å². The molecule has 0 saturated carbocycles. The van der Waals surface area contributed by atoms with Crippen LogP contribution in [-0.2, 0) is 13.0 Å². The van der Waals surface area contributed by atoms with Crippen LogP contribution in [0.4, 0.5) is 0 Å². The molecule has 0 spiro atoms. The van der Waals surface area contributed by atoms with Crippen molar-refractivity contribution in [2.45, 2.75) is 19.9 Å². The Hall–Kier alpha value is -0.610. The highest BCUT2D eigenvalue weighted by molar-refractivity contribution is 7.11. The van der Waals surface area contributed by atoms with E-state index in [0.29, 0.717) is 16.5 Å². The molecule has 0 bridgehead atoms. The first kappa shape index (κ1) is 13.8. The maximum Gasteiger partial charge on any atom is 0.0973 e. The molecule has 0 fully saturated rings. The number of rotatable bonds is 5. The van der Waals surface area contributed by atoms with E-state index in [1.165, 1.54) is 4.88 Å². The molecule has 2 nitrogen and oxygen atoms in total. The first-order valence-electron chi connectivity index (χ1n) is 5.78. The van der Waals surface area contributed by atoms with Gasteiger partial charge in [-0.1, -0.05) is 36.2 Å². The Kier molecular flexibility index (Phi) is 5.01. The molecule has 18 heavy (non-hydrogen) atoms. The number of hydrogen-bond acceptors (Lipinski definition) is 3. The van der Waals surface area contributed by atoms with Crippen LogP contribution in [-0.4, -0.2) is 11.5 Å². The zero-order chi connectivity index (χ0) is 13.0. The fourth-order valence-electron chi connectivity index (χ4n) is 1.61. The van der Waals surface area contributed by atoms with Gasteiger partial charge in [-0.05, 0) is 24.2 Å². The fourth-order valence-corrected chi connectivity index (χ4v) is 3.05. The van der Waals surface area contributed by atoms with Gasteiger partial charge in [0.15, 0.2) is 0 Å². The lowest BCUT2D eigenvalue weighted by Crippen LogP contribution is -2.10. The van der Waals surface area contributed by atoms with Gasteiger partial charge in [-0.25, -0.2) is 4.98 Å². The van der Waals surface area contributed by atoms with Crippen LogP contribution >= 0.6 is 34.5 Å². The highest BCUT2D eigenvalue weighted by atomic mass is 35.5. The molecule has 2 aromatic rings. The molecule has 2 rings (SSSR count). The minimum absolute atomic E-state index is 0.690. The SMILES string of the molecule is CCNCc1cnc(Cc2c(Cl)cccc2Cl)s1. The van der Waals surface area contributed by atoms with E-state index in [4.69, 9.17) is 23.2 Å². The lowest BCUT2D eigenvalue weighted by atomic mass is 10.1. The van der Waals surface area contributed by atoms with Crippen molar-refractivity contribution in [1.82, 2.24) is 10.3 Å². The topological polar surface area (TPSA) is 24.9 Å². The van der Waals surface area contributed by atoms with Gasteiger partial charge in [0.05, 0.1) is 5.01 Å². The Labute approximate surface area is 121 Å². The van der Waals surface area contributed by atoms with Gasteiger partial charge in [-0.15, -0.1) is 11.3 Å². The molecule has 0 aliphatic heterocycles. The van der Waals surface area contributed by atoms with Crippen LogP contribution in [0.1, 0.15) is 22.4 Å². The Morgan fingerprint density at radius 2 is 2.00 bits per heavy atom. The fraction of sp³-hybridized carbons (Fsp3) is 0.308. The van der Waals surface area contributed by atoms with E-state index in [9.17, 15) is 0 Å². The van der Waals surface area contributed by atoms with Gasteiger partial charge in [0.2, 0.25) is 0 Å². The van der Waals surface area contributed by atoms with Gasteiger partial charge in [-0.3, -0.25) is 0 Å². The van der Waals surface area contributed by atoms with Crippen LogP contribution < -0.4 is 5.32 Å². The van der Waals surface area contributed by atoms with Gasteiger partial charge in [-0.2, -0.15) is 0 Å². The maximum absolute atomic E-state index is 6.15. The van der Waals surface area contributed by atoms with Crippen molar-refractivity contribution < 1.29 is 0 Å². The molecular weight excluding hydrogens is 287 g/mol. The predicted molar refractivity (Wildman–Crippen MR) is 78.8 cm³/mol. The second-order valence-electron chi connectivity index (χ2n) is 3.88. The number of nitrogens with zero attached hydrogens (tertiary/aromatic N) is 1. The second-order valence-corrected chi connectivity index (χ2v) is 5.89. The summed E-state index contributed by atoms with van der Waals surface area (Å²) in [7, 11) is 0. The first-order valence-corrected chi connectivity index (χ1v) is 7.35. The Morgan fingerprint density at radius 3 is 2.67 bits per heavy atom. The second kappa shape index (κ2) is 6.53. The Morgan fingerprint density at radius 1 is 1.28 bits per heavy atom. The van der Waals surface area contributed by atoms with Gasteiger partial charge >= 0.3 is 0 Å². The minimum atomic E-state index is 0.690. The summed E-state index contributed by atoms with van der Waals surface area (Å²) < 4.78 is 0. The van der Waals surface area contributed by atoms with E-state index < -0.39 is 0 Å². The molecule has 0 unspecified atom stereocenters. The van der Waals surface area contributed by atoms with Gasteiger partial charge < -0.3 is 5.32 Å². The van der Waals surface area contributed by atoms with Crippen molar-refractivity contribution >= 4 is 34.5 Å². The van der Waals surface area contributed by atoms with E-state index in [2.05, 4.69) is 17.2 Å². The smallest absolute Gasteiger partial charge is 0.0973 e. The van der Waals surface area contributed by atoms with Crippen molar-refractivity contribution in [2.24, 2.45) is 0 Å². The van der Waals surface area contributed by atoms with Gasteiger partial charge in [0.25, 0.3) is 0 Å². The maximum atomic E-state index is 6.15. The predicted octanol–water partition coefficient (Wildman–Crippen LogP) is 4.15. The Bertz CT molecular complexity index is 505. The third kappa shape index (κ3) is 3.45. The van der Waals surface area contributed by atoms with Crippen molar-refractivity contribution in [1.29, 1.82) is 0 Å². The molecule has 0 atom stereocenters. The molecule has 1 heterocycles. The number of nitrogens with one attached hydrogen (secondary N) is 1. The summed E-state index contributed by atoms with van der Waals surface area (Å²) in [5.41, 5.74) is 0.949. The molecular formula is C13H14Cl2N2S. The highest BCUT2D eigenvalue weighted by Crippen LogP contribution is 2.28. The molecule has 1 aromatic heterocycles. The van der Waals surface area contributed by atoms with Gasteiger partial charge in [0, 0.05) is 34.1 Å². The third-order valence-electron chi connectivity index (χ3n) is 2.54. The highest BCUT2D eigenvalue weighted by Gasteiger charge is 2.09. The zero-order valence-corrected chi connectivity index (χ0v) is 12.4. The number of benzene rings is 1. The lowest BCUT2D eigenvalue weighted by molar-refractivity contribution is 0.734. The van der Waals surface area contributed by atoms with Crippen LogP contribution in [0, 0.1) is 0 Å². The summed E-state index contributed by atoms with van der Waals surface area (Å²) >= 11 is 14.0. The summed E-state index contributed by atoms with van der Waals surface area (Å²) in [5.74, 6) is 0. The molecule has 0 aliphatic carbocycles. The average Bonchev–Trinajstić information content (AvgIpc) is 2.79. The molecule has 0 saturated heterocycles. The summed E-state index contributed by atoms with van der Waals surface area (Å²) in [6, 6.07) is 5.57. The number of halogens is 2. The third-order valence-corrected chi connectivity index (χ3v) is 4.25. The minimum Gasteiger partial charge on any atom is -0.312 e. The van der Waals surface area contributed by atoms with Crippen LogP contribution in [0.5, 0.6) is 0 Å². The molecule has 96 valence electrons. The van der Waals surface area contributed by atoms with E-state index in [0.717, 1.165) is 23.7 Å². The van der Waals surface area contributed by atoms with Crippen molar-refractivity contribution in [3.05, 3.63) is 49.9 Å². The quantitative estimate of drug-likeness (QED) is 0.897. The lowest BCUT2D eigenvalue weighted by Gasteiger charge is -2.04. The van der Waals surface area contributed by atoms with Crippen LogP contribution in [0.25, 0.3) is 0 Å². The normalized spacial score (nSPS) is 10.8. The summed E-state index contributed by atoms with van der Waals surface area (Å²) in [4.78, 5) is 5.64. The summed E-state index contributed by atoms with van der Waals surface area (Å²) in [6.07, 6.45) is 2.60. The molecule has 1 N–H and O–H groups in total. The standard InChI is InChI=1S/C13H14Cl2N2S/c1-2-16-7-9-8-17-13(18-9)6-10-11(14)4-3-5-12(10)15/h3-5,8,16H,2,6-7H2,1H3. The number of aromatic nitrogens is 1. The number of thiazole rings is 1. The van der Waals surface area contributed by atoms with Crippen molar-refractivity contribution in [3.8, 4) is 0 Å². The molecule has 5 heteroatoms. The monoisotopic (exact) mass is 300 g/mol. The van der Waals surface area contributed by atoms with Gasteiger partial charge in [0.1, 0.15) is 0 Å². The first-order chi connectivity index (χ1) is 8.70. The van der Waals surface area contributed by atoms with Crippen LogP contribution in [0.3, 0.4) is 0 Å². The van der Waals surface area contributed by atoms with E-state index >= 15 is 0 Å². The molecule has 0 aliphatic rings. The van der Waals surface area contributed by atoms with Crippen molar-refractivity contribution in [2.75, 3.05) is 6.54 Å². The summed E-state index contributed by atoms with van der Waals surface area (Å²) in [6.45, 7) is 3.92. The Balaban J connectivity index is 2.11. The van der Waals surface area contributed by atoms with E-state index in [1.807, 2.05) is 24.4 Å². The van der Waals surface area contributed by atoms with Crippen molar-refractivity contribution in [3.63, 3.8) is 0 Å². The number of hydrogen-bond donors (Lipinski definition) is 1. The largest absolute Gasteiger partial charge is 0.312 e. The van der Waals surface area contributed by atoms with E-state index in [-0.39, 0.29) is 0 Å². The molecule has 0 radical (unpaired) electrons. The molecule has 0 amide bonds.